The Kier molecular flexibility index (Phi) is 5.25. The number of fused-ring (bicyclic) bond motifs is 2. The van der Waals surface area contributed by atoms with Crippen molar-refractivity contribution in [2.45, 2.75) is 19.9 Å². The van der Waals surface area contributed by atoms with Gasteiger partial charge in [0.25, 0.3) is 5.91 Å². The van der Waals surface area contributed by atoms with Crippen LogP contribution in [-0.2, 0) is 13.0 Å². The zero-order valence-electron chi connectivity index (χ0n) is 17.3. The molecule has 7 nitrogen and oxygen atoms in total. The number of nitrogens with zero attached hydrogens (tertiary/aromatic N) is 4. The van der Waals surface area contributed by atoms with Crippen molar-refractivity contribution in [1.29, 1.82) is 0 Å². The molecular weight excluding hydrogens is 424 g/mol. The van der Waals surface area contributed by atoms with E-state index in [0.29, 0.717) is 29.3 Å². The van der Waals surface area contributed by atoms with Crippen molar-refractivity contribution in [2.24, 2.45) is 0 Å². The van der Waals surface area contributed by atoms with Crippen LogP contribution >= 0.6 is 11.6 Å². The number of carbonyl (C=O) groups is 1. The number of aromatic amines is 1. The minimum atomic E-state index is -0.271. The smallest absolute Gasteiger partial charge is 0.270 e. The fourth-order valence-electron chi connectivity index (χ4n) is 3.61. The number of pyridine rings is 2. The molecule has 0 unspecified atom stereocenters. The van der Waals surface area contributed by atoms with Gasteiger partial charge in [0, 0.05) is 48.0 Å². The van der Waals surface area contributed by atoms with Crippen LogP contribution in [0.4, 0.5) is 0 Å². The standard InChI is InChI=1S/C24H19ClN6O/c1-14-4-17-5-15(2-3-21(17)26-9-14)6-18-8-22(31-13-30-18)24(32)29-11-16-7-19-20(25)12-28-23(19)27-10-16/h2-5,7-10,12-13H,6,11H2,1H3,(H,27,28)(H,29,32). The van der Waals surface area contributed by atoms with Crippen LogP contribution in [0.25, 0.3) is 21.9 Å². The Morgan fingerprint density at radius 3 is 2.84 bits per heavy atom. The van der Waals surface area contributed by atoms with Crippen molar-refractivity contribution < 1.29 is 4.79 Å². The lowest BCUT2D eigenvalue weighted by molar-refractivity contribution is 0.0945. The van der Waals surface area contributed by atoms with Gasteiger partial charge in [-0.2, -0.15) is 0 Å². The number of nitrogens with one attached hydrogen (secondary N) is 2. The summed E-state index contributed by atoms with van der Waals surface area (Å²) in [7, 11) is 0. The molecular formula is C24H19ClN6O. The molecule has 1 amide bonds. The molecule has 8 heteroatoms. The molecule has 0 spiro atoms. The Hall–Kier alpha value is -3.84. The highest BCUT2D eigenvalue weighted by Crippen LogP contribution is 2.22. The van der Waals surface area contributed by atoms with Gasteiger partial charge in [0.05, 0.1) is 10.5 Å². The minimum absolute atomic E-state index is 0.271. The maximum Gasteiger partial charge on any atom is 0.270 e. The summed E-state index contributed by atoms with van der Waals surface area (Å²) in [6.45, 7) is 2.34. The summed E-state index contributed by atoms with van der Waals surface area (Å²) in [6, 6.07) is 11.9. The number of hydrogen-bond acceptors (Lipinski definition) is 5. The molecule has 32 heavy (non-hydrogen) atoms. The van der Waals surface area contributed by atoms with Gasteiger partial charge in [0.1, 0.15) is 17.7 Å². The van der Waals surface area contributed by atoms with Gasteiger partial charge in [0.15, 0.2) is 0 Å². The lowest BCUT2D eigenvalue weighted by atomic mass is 10.1. The summed E-state index contributed by atoms with van der Waals surface area (Å²) in [5, 5.41) is 5.39. The van der Waals surface area contributed by atoms with Gasteiger partial charge in [-0.1, -0.05) is 17.7 Å². The maximum absolute atomic E-state index is 12.7. The van der Waals surface area contributed by atoms with Gasteiger partial charge in [-0.25, -0.2) is 15.0 Å². The number of halogens is 1. The average Bonchev–Trinajstić information content (AvgIpc) is 3.17. The molecule has 4 aromatic heterocycles. The van der Waals surface area contributed by atoms with Crippen LogP contribution < -0.4 is 5.32 Å². The molecule has 0 saturated carbocycles. The fraction of sp³-hybridized carbons (Fsp3) is 0.125. The Morgan fingerprint density at radius 1 is 1.03 bits per heavy atom. The first-order valence-electron chi connectivity index (χ1n) is 10.1. The van der Waals surface area contributed by atoms with E-state index in [2.05, 4.69) is 42.4 Å². The monoisotopic (exact) mass is 442 g/mol. The van der Waals surface area contributed by atoms with Crippen LogP contribution in [0.2, 0.25) is 5.02 Å². The van der Waals surface area contributed by atoms with Gasteiger partial charge >= 0.3 is 0 Å². The number of benzene rings is 1. The topological polar surface area (TPSA) is 96.5 Å². The van der Waals surface area contributed by atoms with E-state index >= 15 is 0 Å². The molecule has 0 bridgehead atoms. The first kappa shape index (κ1) is 20.1. The quantitative estimate of drug-likeness (QED) is 0.421. The fourth-order valence-corrected chi connectivity index (χ4v) is 3.81. The average molecular weight is 443 g/mol. The first-order chi connectivity index (χ1) is 15.5. The molecule has 0 aliphatic carbocycles. The van der Waals surface area contributed by atoms with Crippen molar-refractivity contribution in [3.05, 3.63) is 94.4 Å². The first-order valence-corrected chi connectivity index (χ1v) is 10.5. The highest BCUT2D eigenvalue weighted by atomic mass is 35.5. The number of carbonyl (C=O) groups excluding carboxylic acids is 1. The number of aromatic nitrogens is 5. The molecule has 4 heterocycles. The lowest BCUT2D eigenvalue weighted by Crippen LogP contribution is -2.24. The zero-order valence-corrected chi connectivity index (χ0v) is 18.0. The summed E-state index contributed by atoms with van der Waals surface area (Å²) in [6.07, 6.45) is 7.27. The third-order valence-corrected chi connectivity index (χ3v) is 5.53. The normalized spacial score (nSPS) is 11.2. The van der Waals surface area contributed by atoms with Crippen LogP contribution in [0.15, 0.2) is 61.3 Å². The summed E-state index contributed by atoms with van der Waals surface area (Å²) >= 11 is 6.15. The third-order valence-electron chi connectivity index (χ3n) is 5.21. The molecule has 2 N–H and O–H groups in total. The number of H-pyrrole nitrogens is 1. The number of hydrogen-bond donors (Lipinski definition) is 2. The molecule has 5 aromatic rings. The van der Waals surface area contributed by atoms with E-state index in [1.54, 1.807) is 18.5 Å². The van der Waals surface area contributed by atoms with Crippen molar-refractivity contribution in [2.75, 3.05) is 0 Å². The third kappa shape index (κ3) is 4.15. The lowest BCUT2D eigenvalue weighted by Gasteiger charge is -2.07. The van der Waals surface area contributed by atoms with E-state index in [-0.39, 0.29) is 5.91 Å². The summed E-state index contributed by atoms with van der Waals surface area (Å²) < 4.78 is 0. The van der Waals surface area contributed by atoms with Crippen molar-refractivity contribution in [1.82, 2.24) is 30.2 Å². The van der Waals surface area contributed by atoms with E-state index in [1.165, 1.54) is 6.33 Å². The Balaban J connectivity index is 1.29. The van der Waals surface area contributed by atoms with Crippen LogP contribution in [0.3, 0.4) is 0 Å². The predicted octanol–water partition coefficient (Wildman–Crippen LogP) is 4.38. The van der Waals surface area contributed by atoms with Crippen molar-refractivity contribution in [3.63, 3.8) is 0 Å². The number of aryl methyl sites for hydroxylation is 1. The predicted molar refractivity (Wildman–Crippen MR) is 124 cm³/mol. The van der Waals surface area contributed by atoms with Crippen LogP contribution in [0.5, 0.6) is 0 Å². The SMILES string of the molecule is Cc1cnc2ccc(Cc3cc(C(=O)NCc4cnc5[nH]cc(Cl)c5c4)ncn3)cc2c1. The van der Waals surface area contributed by atoms with Gasteiger partial charge in [-0.05, 0) is 53.9 Å². The summed E-state index contributed by atoms with van der Waals surface area (Å²) in [5.74, 6) is -0.271. The van der Waals surface area contributed by atoms with Gasteiger partial charge < -0.3 is 10.3 Å². The molecule has 5 rings (SSSR count). The van der Waals surface area contributed by atoms with Gasteiger partial charge in [-0.15, -0.1) is 0 Å². The number of amides is 1. The molecule has 1 aromatic carbocycles. The Labute approximate surface area is 188 Å². The Bertz CT molecular complexity index is 1460. The van der Waals surface area contributed by atoms with Gasteiger partial charge in [-0.3, -0.25) is 9.78 Å². The molecule has 0 aliphatic heterocycles. The molecule has 0 fully saturated rings. The van der Waals surface area contributed by atoms with Gasteiger partial charge in [0.2, 0.25) is 0 Å². The molecule has 0 atom stereocenters. The van der Waals surface area contributed by atoms with Crippen molar-refractivity contribution >= 4 is 39.4 Å². The molecule has 0 aliphatic rings. The summed E-state index contributed by atoms with van der Waals surface area (Å²) in [4.78, 5) is 32.9. The highest BCUT2D eigenvalue weighted by Gasteiger charge is 2.11. The number of rotatable bonds is 5. The largest absolute Gasteiger partial charge is 0.347 e. The Morgan fingerprint density at radius 2 is 1.94 bits per heavy atom. The minimum Gasteiger partial charge on any atom is -0.347 e. The van der Waals surface area contributed by atoms with Crippen molar-refractivity contribution in [3.8, 4) is 0 Å². The van der Waals surface area contributed by atoms with E-state index in [9.17, 15) is 4.79 Å². The van der Waals surface area contributed by atoms with Crippen LogP contribution in [0, 0.1) is 6.92 Å². The van der Waals surface area contributed by atoms with E-state index < -0.39 is 0 Å². The van der Waals surface area contributed by atoms with Crippen LogP contribution in [0.1, 0.15) is 32.9 Å². The second kappa shape index (κ2) is 8.36. The van der Waals surface area contributed by atoms with E-state index in [4.69, 9.17) is 11.6 Å². The molecule has 158 valence electrons. The van der Waals surface area contributed by atoms with E-state index in [0.717, 1.165) is 38.7 Å². The van der Waals surface area contributed by atoms with Crippen LogP contribution in [-0.4, -0.2) is 30.8 Å². The highest BCUT2D eigenvalue weighted by molar-refractivity contribution is 6.35. The summed E-state index contributed by atoms with van der Waals surface area (Å²) in [5.41, 5.74) is 5.82. The van der Waals surface area contributed by atoms with E-state index in [1.807, 2.05) is 31.3 Å². The molecule has 0 radical (unpaired) electrons. The second-order valence-electron chi connectivity index (χ2n) is 7.67. The molecule has 0 saturated heterocycles. The maximum atomic E-state index is 12.7. The zero-order chi connectivity index (χ0) is 22.1. The second-order valence-corrected chi connectivity index (χ2v) is 8.08.